The quantitative estimate of drug-likeness (QED) is 0.877. The molecule has 3 heteroatoms. The predicted octanol–water partition coefficient (Wildman–Crippen LogP) is 4.56. The number of carbonyl (C=O) groups is 1. The number of hydrogen-bond donors (Lipinski definition) is 1. The van der Waals surface area contributed by atoms with Crippen LogP contribution >= 0.6 is 15.9 Å². The van der Waals surface area contributed by atoms with Gasteiger partial charge < -0.3 is 5.32 Å². The van der Waals surface area contributed by atoms with E-state index in [2.05, 4.69) is 40.3 Å². The highest BCUT2D eigenvalue weighted by atomic mass is 79.9. The van der Waals surface area contributed by atoms with Gasteiger partial charge in [0.1, 0.15) is 0 Å². The first-order valence-electron chi connectivity index (χ1n) is 6.61. The number of benzene rings is 2. The van der Waals surface area contributed by atoms with Crippen LogP contribution < -0.4 is 5.32 Å². The van der Waals surface area contributed by atoms with Crippen LogP contribution in [0.2, 0.25) is 0 Å². The van der Waals surface area contributed by atoms with E-state index in [1.807, 2.05) is 44.2 Å². The van der Waals surface area contributed by atoms with Gasteiger partial charge in [-0.3, -0.25) is 4.79 Å². The Kier molecular flexibility index (Phi) is 4.61. The average Bonchev–Trinajstić information content (AvgIpc) is 2.42. The molecule has 0 radical (unpaired) electrons. The van der Waals surface area contributed by atoms with Crippen molar-refractivity contribution in [3.63, 3.8) is 0 Å². The molecule has 0 aliphatic heterocycles. The van der Waals surface area contributed by atoms with Crippen LogP contribution in [0.5, 0.6) is 0 Å². The fraction of sp³-hybridized carbons (Fsp3) is 0.235. The second-order valence-corrected chi connectivity index (χ2v) is 5.87. The van der Waals surface area contributed by atoms with Crippen LogP contribution in [0.15, 0.2) is 46.9 Å². The van der Waals surface area contributed by atoms with Crippen molar-refractivity contribution in [2.24, 2.45) is 0 Å². The first-order chi connectivity index (χ1) is 9.49. The van der Waals surface area contributed by atoms with Crippen molar-refractivity contribution in [3.05, 3.63) is 69.2 Å². The van der Waals surface area contributed by atoms with Gasteiger partial charge in [0.25, 0.3) is 5.91 Å². The summed E-state index contributed by atoms with van der Waals surface area (Å²) in [6.45, 7) is 5.99. The van der Waals surface area contributed by atoms with Crippen LogP contribution in [-0.4, -0.2) is 5.91 Å². The van der Waals surface area contributed by atoms with Crippen molar-refractivity contribution in [1.82, 2.24) is 5.32 Å². The highest BCUT2D eigenvalue weighted by Crippen LogP contribution is 2.20. The summed E-state index contributed by atoms with van der Waals surface area (Å²) in [4.78, 5) is 12.3. The van der Waals surface area contributed by atoms with E-state index in [1.54, 1.807) is 0 Å². The van der Waals surface area contributed by atoms with Crippen LogP contribution in [0, 0.1) is 13.8 Å². The van der Waals surface area contributed by atoms with Gasteiger partial charge >= 0.3 is 0 Å². The number of nitrogens with one attached hydrogen (secondary N) is 1. The fourth-order valence-electron chi connectivity index (χ4n) is 2.07. The Hall–Kier alpha value is -1.61. The van der Waals surface area contributed by atoms with Crippen molar-refractivity contribution in [2.75, 3.05) is 0 Å². The molecule has 0 saturated carbocycles. The summed E-state index contributed by atoms with van der Waals surface area (Å²) >= 11 is 3.45. The minimum absolute atomic E-state index is 0.0125. The molecule has 0 aliphatic rings. The van der Waals surface area contributed by atoms with Crippen molar-refractivity contribution in [3.8, 4) is 0 Å². The first kappa shape index (κ1) is 14.8. The molecule has 104 valence electrons. The topological polar surface area (TPSA) is 29.1 Å². The molecule has 20 heavy (non-hydrogen) atoms. The van der Waals surface area contributed by atoms with Gasteiger partial charge in [-0.1, -0.05) is 51.8 Å². The molecule has 1 amide bonds. The van der Waals surface area contributed by atoms with E-state index in [-0.39, 0.29) is 11.9 Å². The number of hydrogen-bond acceptors (Lipinski definition) is 1. The Labute approximate surface area is 128 Å². The van der Waals surface area contributed by atoms with E-state index in [0.29, 0.717) is 5.56 Å². The number of halogens is 1. The maximum absolute atomic E-state index is 12.3. The molecule has 1 atom stereocenters. The normalized spacial score (nSPS) is 12.0. The van der Waals surface area contributed by atoms with Crippen molar-refractivity contribution in [2.45, 2.75) is 26.8 Å². The first-order valence-corrected chi connectivity index (χ1v) is 7.41. The molecule has 1 unspecified atom stereocenters. The fourth-order valence-corrected chi connectivity index (χ4v) is 2.43. The highest BCUT2D eigenvalue weighted by molar-refractivity contribution is 9.10. The molecule has 0 fully saturated rings. The summed E-state index contributed by atoms with van der Waals surface area (Å²) in [7, 11) is 0. The molecule has 2 aromatic rings. The summed E-state index contributed by atoms with van der Waals surface area (Å²) in [6, 6.07) is 13.9. The lowest BCUT2D eigenvalue weighted by Crippen LogP contribution is -2.27. The second kappa shape index (κ2) is 6.23. The molecular weight excluding hydrogens is 314 g/mol. The monoisotopic (exact) mass is 331 g/mol. The molecule has 0 aromatic heterocycles. The maximum Gasteiger partial charge on any atom is 0.252 e. The molecule has 0 saturated heterocycles. The van der Waals surface area contributed by atoms with Crippen LogP contribution in [0.1, 0.15) is 40.0 Å². The van der Waals surface area contributed by atoms with Crippen molar-refractivity contribution in [1.29, 1.82) is 0 Å². The van der Waals surface area contributed by atoms with Crippen LogP contribution in [0.4, 0.5) is 0 Å². The van der Waals surface area contributed by atoms with E-state index in [1.165, 1.54) is 5.56 Å². The molecule has 1 N–H and O–H groups in total. The Morgan fingerprint density at radius 1 is 1.10 bits per heavy atom. The van der Waals surface area contributed by atoms with Gasteiger partial charge in [-0.15, -0.1) is 0 Å². The third kappa shape index (κ3) is 3.28. The van der Waals surface area contributed by atoms with Crippen molar-refractivity contribution < 1.29 is 4.79 Å². The number of aryl methyl sites for hydroxylation is 1. The van der Waals surface area contributed by atoms with E-state index < -0.39 is 0 Å². The van der Waals surface area contributed by atoms with Gasteiger partial charge in [-0.2, -0.15) is 0 Å². The largest absolute Gasteiger partial charge is 0.346 e. The Morgan fingerprint density at radius 3 is 2.40 bits per heavy atom. The molecule has 0 spiro atoms. The zero-order valence-corrected chi connectivity index (χ0v) is 13.5. The molecule has 0 heterocycles. The van der Waals surface area contributed by atoms with E-state index in [9.17, 15) is 4.79 Å². The molecule has 2 rings (SSSR count). The summed E-state index contributed by atoms with van der Waals surface area (Å²) in [6.07, 6.45) is 0. The lowest BCUT2D eigenvalue weighted by molar-refractivity contribution is 0.0939. The van der Waals surface area contributed by atoms with Crippen LogP contribution in [0.25, 0.3) is 0 Å². The van der Waals surface area contributed by atoms with E-state index in [4.69, 9.17) is 0 Å². The SMILES string of the molecule is Cc1ccc(C(C)NC(=O)c2cccc(Br)c2C)cc1. The van der Waals surface area contributed by atoms with Crippen LogP contribution in [0.3, 0.4) is 0 Å². The average molecular weight is 332 g/mol. The third-order valence-corrected chi connectivity index (χ3v) is 4.30. The van der Waals surface area contributed by atoms with Gasteiger partial charge in [0.05, 0.1) is 6.04 Å². The Morgan fingerprint density at radius 2 is 1.75 bits per heavy atom. The summed E-state index contributed by atoms with van der Waals surface area (Å²) in [5.41, 5.74) is 3.99. The van der Waals surface area contributed by atoms with Gasteiger partial charge in [-0.05, 0) is 44.0 Å². The standard InChI is InChI=1S/C17H18BrNO/c1-11-7-9-14(10-8-11)13(3)19-17(20)15-5-4-6-16(18)12(15)2/h4-10,13H,1-3H3,(H,19,20). The van der Waals surface area contributed by atoms with E-state index >= 15 is 0 Å². The van der Waals surface area contributed by atoms with Gasteiger partial charge in [0.2, 0.25) is 0 Å². The minimum atomic E-state index is -0.0446. The van der Waals surface area contributed by atoms with Gasteiger partial charge in [0, 0.05) is 10.0 Å². The molecule has 2 aromatic carbocycles. The lowest BCUT2D eigenvalue weighted by Gasteiger charge is -2.16. The second-order valence-electron chi connectivity index (χ2n) is 5.02. The summed E-state index contributed by atoms with van der Waals surface area (Å²) < 4.78 is 0.952. The molecular formula is C17H18BrNO. The molecule has 0 aliphatic carbocycles. The third-order valence-electron chi connectivity index (χ3n) is 3.44. The smallest absolute Gasteiger partial charge is 0.252 e. The highest BCUT2D eigenvalue weighted by Gasteiger charge is 2.14. The summed E-state index contributed by atoms with van der Waals surface area (Å²) in [5, 5.41) is 3.04. The lowest BCUT2D eigenvalue weighted by atomic mass is 10.0. The minimum Gasteiger partial charge on any atom is -0.346 e. The number of amides is 1. The van der Waals surface area contributed by atoms with Gasteiger partial charge in [0.15, 0.2) is 0 Å². The number of rotatable bonds is 3. The van der Waals surface area contributed by atoms with Crippen molar-refractivity contribution >= 4 is 21.8 Å². The Balaban J connectivity index is 2.15. The number of carbonyl (C=O) groups excluding carboxylic acids is 1. The predicted molar refractivity (Wildman–Crippen MR) is 85.9 cm³/mol. The van der Waals surface area contributed by atoms with E-state index in [0.717, 1.165) is 15.6 Å². The molecule has 0 bridgehead atoms. The Bertz CT molecular complexity index is 619. The zero-order chi connectivity index (χ0) is 14.7. The van der Waals surface area contributed by atoms with Crippen LogP contribution in [-0.2, 0) is 0 Å². The van der Waals surface area contributed by atoms with Gasteiger partial charge in [-0.25, -0.2) is 0 Å². The molecule has 2 nitrogen and oxygen atoms in total. The zero-order valence-electron chi connectivity index (χ0n) is 11.9. The maximum atomic E-state index is 12.3. The summed E-state index contributed by atoms with van der Waals surface area (Å²) in [5.74, 6) is -0.0446.